The molecule has 0 bridgehead atoms. The zero-order valence-electron chi connectivity index (χ0n) is 5.76. The Labute approximate surface area is 55.7 Å². The molecule has 0 spiro atoms. The zero-order chi connectivity index (χ0) is 6.69. The van der Waals surface area contributed by atoms with Crippen LogP contribution in [0.1, 0.15) is 5.56 Å². The van der Waals surface area contributed by atoms with Crippen LogP contribution in [0, 0.1) is 6.92 Å². The number of nitrogens with zero attached hydrogens (tertiary/aromatic N) is 1. The number of hydrogen-bond acceptors (Lipinski definition) is 0. The first kappa shape index (κ1) is 6.14. The smallest absolute Gasteiger partial charge is 0.0573 e. The van der Waals surface area contributed by atoms with E-state index < -0.39 is 0 Å². The van der Waals surface area contributed by atoms with Crippen LogP contribution in [0.3, 0.4) is 0 Å². The topological polar surface area (TPSA) is 14.1 Å². The van der Waals surface area contributed by atoms with E-state index in [1.165, 1.54) is 5.56 Å². The van der Waals surface area contributed by atoms with Gasteiger partial charge in [-0.3, -0.25) is 5.32 Å². The molecule has 0 heterocycles. The van der Waals surface area contributed by atoms with E-state index in [1.807, 2.05) is 12.1 Å². The Morgan fingerprint density at radius 1 is 1.33 bits per heavy atom. The van der Waals surface area contributed by atoms with Crippen molar-refractivity contribution in [2.24, 2.45) is 0 Å². The summed E-state index contributed by atoms with van der Waals surface area (Å²) >= 11 is 0. The van der Waals surface area contributed by atoms with Gasteiger partial charge in [0.1, 0.15) is 0 Å². The number of aryl methyl sites for hydroxylation is 1. The number of hydrogen-bond donors (Lipinski definition) is 0. The van der Waals surface area contributed by atoms with E-state index in [1.54, 1.807) is 7.05 Å². The predicted octanol–water partition coefficient (Wildman–Crippen LogP) is 1.86. The van der Waals surface area contributed by atoms with Gasteiger partial charge in [0.15, 0.2) is 0 Å². The third-order valence-electron chi connectivity index (χ3n) is 1.26. The van der Waals surface area contributed by atoms with Crippen LogP contribution in [0.4, 0.5) is 5.69 Å². The highest BCUT2D eigenvalue weighted by Gasteiger charge is 1.86. The predicted molar refractivity (Wildman–Crippen MR) is 38.9 cm³/mol. The molecule has 0 amide bonds. The molecule has 1 aromatic rings. The van der Waals surface area contributed by atoms with Crippen molar-refractivity contribution in [2.75, 3.05) is 7.05 Å². The van der Waals surface area contributed by atoms with E-state index >= 15 is 0 Å². The summed E-state index contributed by atoms with van der Waals surface area (Å²) in [6, 6.07) is 8.12. The summed E-state index contributed by atoms with van der Waals surface area (Å²) in [6.07, 6.45) is 0. The Morgan fingerprint density at radius 3 is 2.56 bits per heavy atom. The highest BCUT2D eigenvalue weighted by molar-refractivity contribution is 5.38. The van der Waals surface area contributed by atoms with E-state index in [0.717, 1.165) is 5.69 Å². The molecule has 1 aromatic carbocycles. The van der Waals surface area contributed by atoms with Gasteiger partial charge in [-0.2, -0.15) is 0 Å². The average molecular weight is 120 g/mol. The van der Waals surface area contributed by atoms with Crippen molar-refractivity contribution in [2.45, 2.75) is 6.92 Å². The molecule has 0 saturated heterocycles. The van der Waals surface area contributed by atoms with Crippen molar-refractivity contribution in [1.29, 1.82) is 0 Å². The lowest BCUT2D eigenvalue weighted by Gasteiger charge is -1.95. The summed E-state index contributed by atoms with van der Waals surface area (Å²) in [5.41, 5.74) is 2.31. The summed E-state index contributed by atoms with van der Waals surface area (Å²) in [6.45, 7) is 2.06. The summed E-state index contributed by atoms with van der Waals surface area (Å²) in [5.74, 6) is 0. The van der Waals surface area contributed by atoms with Crippen LogP contribution in [-0.2, 0) is 0 Å². The van der Waals surface area contributed by atoms with Crippen LogP contribution in [0.15, 0.2) is 24.3 Å². The summed E-state index contributed by atoms with van der Waals surface area (Å²) in [7, 11) is 1.80. The minimum absolute atomic E-state index is 1.05. The first-order valence-electron chi connectivity index (χ1n) is 2.99. The van der Waals surface area contributed by atoms with Gasteiger partial charge < -0.3 is 0 Å². The fraction of sp³-hybridized carbons (Fsp3) is 0.250. The Bertz CT molecular complexity index is 194. The molecule has 1 radical (unpaired) electrons. The van der Waals surface area contributed by atoms with Crippen LogP contribution >= 0.6 is 0 Å². The van der Waals surface area contributed by atoms with Crippen LogP contribution in [0.5, 0.6) is 0 Å². The van der Waals surface area contributed by atoms with Gasteiger partial charge in [-0.05, 0) is 24.6 Å². The molecule has 0 unspecified atom stereocenters. The highest BCUT2D eigenvalue weighted by atomic mass is 14.8. The molecule has 1 nitrogen and oxygen atoms in total. The van der Waals surface area contributed by atoms with E-state index in [2.05, 4.69) is 24.4 Å². The average Bonchev–Trinajstić information content (AvgIpc) is 1.88. The van der Waals surface area contributed by atoms with Gasteiger partial charge in [-0.15, -0.1) is 0 Å². The molecule has 47 valence electrons. The Kier molecular flexibility index (Phi) is 1.73. The van der Waals surface area contributed by atoms with E-state index in [0.29, 0.717) is 0 Å². The van der Waals surface area contributed by atoms with Crippen molar-refractivity contribution in [3.05, 3.63) is 29.8 Å². The maximum atomic E-state index is 4.03. The van der Waals surface area contributed by atoms with Crippen molar-refractivity contribution in [3.8, 4) is 0 Å². The van der Waals surface area contributed by atoms with Gasteiger partial charge in [0.05, 0.1) is 5.69 Å². The lowest BCUT2D eigenvalue weighted by molar-refractivity contribution is 1.09. The fourth-order valence-electron chi connectivity index (χ4n) is 0.767. The number of benzene rings is 1. The van der Waals surface area contributed by atoms with Crippen LogP contribution in [0.2, 0.25) is 0 Å². The Hall–Kier alpha value is -0.980. The van der Waals surface area contributed by atoms with Crippen molar-refractivity contribution < 1.29 is 0 Å². The van der Waals surface area contributed by atoms with Gasteiger partial charge in [-0.1, -0.05) is 12.1 Å². The minimum atomic E-state index is 1.05. The van der Waals surface area contributed by atoms with Gasteiger partial charge in [-0.25, -0.2) is 0 Å². The second-order valence-corrected chi connectivity index (χ2v) is 2.06. The largest absolute Gasteiger partial charge is 0.289 e. The first-order chi connectivity index (χ1) is 4.33. The standard InChI is InChI=1S/C8H10N/c1-7-4-3-5-8(6-7)9-2/h3-6H,1-2H3. The summed E-state index contributed by atoms with van der Waals surface area (Å²) in [4.78, 5) is 0. The normalized spacial score (nSPS) is 9.11. The third-order valence-corrected chi connectivity index (χ3v) is 1.26. The van der Waals surface area contributed by atoms with E-state index in [-0.39, 0.29) is 0 Å². The summed E-state index contributed by atoms with van der Waals surface area (Å²) in [5, 5.41) is 4.03. The second-order valence-electron chi connectivity index (χ2n) is 2.06. The Morgan fingerprint density at radius 2 is 2.11 bits per heavy atom. The third kappa shape index (κ3) is 1.46. The van der Waals surface area contributed by atoms with E-state index in [4.69, 9.17) is 0 Å². The molecule has 0 atom stereocenters. The van der Waals surface area contributed by atoms with Crippen LogP contribution < -0.4 is 5.32 Å². The van der Waals surface area contributed by atoms with Gasteiger partial charge >= 0.3 is 0 Å². The summed E-state index contributed by atoms with van der Waals surface area (Å²) < 4.78 is 0. The molecule has 1 heteroatoms. The van der Waals surface area contributed by atoms with Crippen molar-refractivity contribution in [3.63, 3.8) is 0 Å². The monoisotopic (exact) mass is 120 g/mol. The van der Waals surface area contributed by atoms with Gasteiger partial charge in [0, 0.05) is 7.05 Å². The zero-order valence-corrected chi connectivity index (χ0v) is 5.76. The molecule has 9 heavy (non-hydrogen) atoms. The lowest BCUT2D eigenvalue weighted by atomic mass is 10.2. The SMILES string of the molecule is C[N]c1cccc(C)c1. The fourth-order valence-corrected chi connectivity index (χ4v) is 0.767. The molecular weight excluding hydrogens is 110 g/mol. The molecule has 0 N–H and O–H groups in total. The molecule has 0 fully saturated rings. The van der Waals surface area contributed by atoms with Crippen LogP contribution in [-0.4, -0.2) is 7.05 Å². The first-order valence-corrected chi connectivity index (χ1v) is 2.99. The quantitative estimate of drug-likeness (QED) is 0.537. The second kappa shape index (κ2) is 2.53. The van der Waals surface area contributed by atoms with Gasteiger partial charge in [0.25, 0.3) is 0 Å². The highest BCUT2D eigenvalue weighted by Crippen LogP contribution is 2.07. The maximum absolute atomic E-state index is 4.03. The number of rotatable bonds is 1. The van der Waals surface area contributed by atoms with Crippen LogP contribution in [0.25, 0.3) is 0 Å². The molecule has 0 aliphatic heterocycles. The minimum Gasteiger partial charge on any atom is -0.289 e. The molecular formula is C8H10N. The lowest BCUT2D eigenvalue weighted by Crippen LogP contribution is -1.85. The van der Waals surface area contributed by atoms with Crippen molar-refractivity contribution >= 4 is 5.69 Å². The van der Waals surface area contributed by atoms with Crippen molar-refractivity contribution in [1.82, 2.24) is 5.32 Å². The molecule has 0 aromatic heterocycles. The molecule has 1 rings (SSSR count). The van der Waals surface area contributed by atoms with E-state index in [9.17, 15) is 0 Å². The molecule has 0 aliphatic carbocycles. The van der Waals surface area contributed by atoms with Gasteiger partial charge in [0.2, 0.25) is 0 Å². The maximum Gasteiger partial charge on any atom is 0.0573 e. The Balaban J connectivity index is 2.94. The molecule has 0 saturated carbocycles. The molecule has 0 aliphatic rings.